The van der Waals surface area contributed by atoms with Crippen molar-refractivity contribution in [1.82, 2.24) is 4.40 Å². The Balaban J connectivity index is 1.35. The summed E-state index contributed by atoms with van der Waals surface area (Å²) in [6.45, 7) is 2.27. The summed E-state index contributed by atoms with van der Waals surface area (Å²) in [5.74, 6) is 0.920. The second kappa shape index (κ2) is 11.7. The first-order valence-electron chi connectivity index (χ1n) is 18.7. The average molecular weight is 678 g/mol. The van der Waals surface area contributed by atoms with Gasteiger partial charge in [0.15, 0.2) is 5.84 Å². The largest absolute Gasteiger partial charge is 0.308 e. The van der Waals surface area contributed by atoms with Crippen molar-refractivity contribution in [3.8, 4) is 11.1 Å². The minimum Gasteiger partial charge on any atom is -0.308 e. The zero-order chi connectivity index (χ0) is 35.0. The molecule has 3 heteroatoms. The molecular formula is C50H35N3. The van der Waals surface area contributed by atoms with Crippen LogP contribution in [0.25, 0.3) is 70.8 Å². The van der Waals surface area contributed by atoms with Crippen molar-refractivity contribution in [3.63, 3.8) is 0 Å². The third kappa shape index (κ3) is 4.41. The summed E-state index contributed by atoms with van der Waals surface area (Å²) in [6.07, 6.45) is 0.928. The van der Waals surface area contributed by atoms with Crippen molar-refractivity contribution in [2.75, 3.05) is 0 Å². The number of fused-ring (bicyclic) bond motifs is 9. The molecule has 0 bridgehead atoms. The van der Waals surface area contributed by atoms with Crippen LogP contribution in [-0.2, 0) is 0 Å². The average Bonchev–Trinajstić information content (AvgIpc) is 3.75. The summed E-state index contributed by atoms with van der Waals surface area (Å²) in [6, 6.07) is 61.7. The van der Waals surface area contributed by atoms with Gasteiger partial charge in [-0.2, -0.15) is 0 Å². The maximum atomic E-state index is 5.72. The minimum atomic E-state index is -0.0805. The fourth-order valence-electron chi connectivity index (χ4n) is 9.22. The first-order valence-corrected chi connectivity index (χ1v) is 18.7. The van der Waals surface area contributed by atoms with Gasteiger partial charge in [-0.3, -0.25) is 4.99 Å². The molecule has 2 aromatic heterocycles. The Morgan fingerprint density at radius 3 is 1.89 bits per heavy atom. The Kier molecular flexibility index (Phi) is 6.66. The summed E-state index contributed by atoms with van der Waals surface area (Å²) < 4.78 is 2.48. The van der Waals surface area contributed by atoms with E-state index in [1.807, 2.05) is 0 Å². The molecule has 1 aliphatic rings. The molecule has 0 saturated carbocycles. The number of hydrogen-bond donors (Lipinski definition) is 0. The fourth-order valence-corrected chi connectivity index (χ4v) is 9.22. The molecule has 3 nitrogen and oxygen atoms in total. The van der Waals surface area contributed by atoms with E-state index in [4.69, 9.17) is 9.98 Å². The lowest BCUT2D eigenvalue weighted by atomic mass is 9.82. The smallest absolute Gasteiger partial charge is 0.156 e. The van der Waals surface area contributed by atoms with Crippen LogP contribution in [0.2, 0.25) is 0 Å². The lowest BCUT2D eigenvalue weighted by Crippen LogP contribution is -2.28. The molecule has 2 atom stereocenters. The van der Waals surface area contributed by atoms with Crippen LogP contribution < -0.4 is 0 Å². The van der Waals surface area contributed by atoms with Crippen molar-refractivity contribution in [2.45, 2.75) is 19.4 Å². The molecule has 0 N–H and O–H groups in total. The van der Waals surface area contributed by atoms with Crippen molar-refractivity contribution in [2.24, 2.45) is 15.9 Å². The van der Waals surface area contributed by atoms with Crippen molar-refractivity contribution < 1.29 is 0 Å². The summed E-state index contributed by atoms with van der Waals surface area (Å²) >= 11 is 0. The number of para-hydroxylation sites is 2. The number of hydrogen-bond acceptors (Lipinski definition) is 2. The van der Waals surface area contributed by atoms with Crippen molar-refractivity contribution >= 4 is 71.2 Å². The van der Waals surface area contributed by atoms with Gasteiger partial charge >= 0.3 is 0 Å². The Hall–Kier alpha value is -6.58. The number of rotatable bonds is 5. The van der Waals surface area contributed by atoms with E-state index in [9.17, 15) is 0 Å². The van der Waals surface area contributed by atoms with E-state index in [0.29, 0.717) is 0 Å². The normalized spacial score (nSPS) is 16.3. The number of aliphatic imine (C=N–C) groups is 2. The maximum absolute atomic E-state index is 5.72. The van der Waals surface area contributed by atoms with Crippen molar-refractivity contribution in [1.29, 1.82) is 0 Å². The summed E-state index contributed by atoms with van der Waals surface area (Å²) in [7, 11) is 0. The van der Waals surface area contributed by atoms with Crippen molar-refractivity contribution in [3.05, 3.63) is 187 Å². The van der Waals surface area contributed by atoms with Crippen LogP contribution in [-0.4, -0.2) is 15.9 Å². The molecule has 250 valence electrons. The third-order valence-corrected chi connectivity index (χ3v) is 11.5. The highest BCUT2D eigenvalue weighted by Crippen LogP contribution is 2.49. The van der Waals surface area contributed by atoms with Gasteiger partial charge < -0.3 is 4.40 Å². The van der Waals surface area contributed by atoms with Crippen LogP contribution in [0, 0.1) is 5.92 Å². The van der Waals surface area contributed by atoms with Crippen LogP contribution in [0.15, 0.2) is 180 Å². The van der Waals surface area contributed by atoms with Gasteiger partial charge in [-0.25, -0.2) is 4.99 Å². The zero-order valence-electron chi connectivity index (χ0n) is 29.4. The molecule has 0 saturated heterocycles. The predicted octanol–water partition coefficient (Wildman–Crippen LogP) is 12.8. The lowest BCUT2D eigenvalue weighted by Gasteiger charge is -2.30. The first-order chi connectivity index (χ1) is 26.3. The second-order valence-electron chi connectivity index (χ2n) is 14.3. The fraction of sp³-hybridized carbons (Fsp3) is 0.0800. The van der Waals surface area contributed by atoms with E-state index in [1.165, 1.54) is 76.3 Å². The van der Waals surface area contributed by atoms with Gasteiger partial charge in [0.2, 0.25) is 0 Å². The Labute approximate surface area is 307 Å². The highest BCUT2D eigenvalue weighted by atomic mass is 15.0. The molecule has 0 spiro atoms. The first kappa shape index (κ1) is 30.1. The molecule has 53 heavy (non-hydrogen) atoms. The molecule has 2 unspecified atom stereocenters. The van der Waals surface area contributed by atoms with E-state index in [-0.39, 0.29) is 12.0 Å². The zero-order valence-corrected chi connectivity index (χ0v) is 29.4. The van der Waals surface area contributed by atoms with Gasteiger partial charge in [-0.15, -0.1) is 0 Å². The topological polar surface area (TPSA) is 29.1 Å². The highest BCUT2D eigenvalue weighted by molar-refractivity contribution is 6.33. The van der Waals surface area contributed by atoms with Crippen LogP contribution in [0.1, 0.15) is 36.1 Å². The van der Waals surface area contributed by atoms with E-state index < -0.39 is 0 Å². The predicted molar refractivity (Wildman–Crippen MR) is 224 cm³/mol. The molecule has 10 aromatic rings. The van der Waals surface area contributed by atoms with Gasteiger partial charge in [-0.05, 0) is 68.9 Å². The Morgan fingerprint density at radius 2 is 1.13 bits per heavy atom. The van der Waals surface area contributed by atoms with E-state index >= 15 is 0 Å². The summed E-state index contributed by atoms with van der Waals surface area (Å²) in [4.78, 5) is 11.4. The van der Waals surface area contributed by atoms with Crippen LogP contribution in [0.4, 0.5) is 0 Å². The highest BCUT2D eigenvalue weighted by Gasteiger charge is 2.34. The van der Waals surface area contributed by atoms with Gasteiger partial charge in [0.25, 0.3) is 0 Å². The van der Waals surface area contributed by atoms with Gasteiger partial charge in [0.05, 0.1) is 28.3 Å². The van der Waals surface area contributed by atoms with E-state index in [0.717, 1.165) is 29.1 Å². The Bertz CT molecular complexity index is 3100. The molecule has 0 fully saturated rings. The van der Waals surface area contributed by atoms with Crippen LogP contribution in [0.5, 0.6) is 0 Å². The van der Waals surface area contributed by atoms with Gasteiger partial charge in [0, 0.05) is 38.6 Å². The van der Waals surface area contributed by atoms with E-state index in [1.54, 1.807) is 0 Å². The standard InChI is InChI=1S/C50H35N3/c1-2-34-47(31-17-5-3-6-18-31)51-50(52-48(34)32-19-7-4-8-20-32)42-30-41-38-25-13-15-27-43(38)53-44-28-16-14-26-39(44)46(49(41)53)45(42)40-29-33-21-9-10-22-35(33)36-23-11-12-24-37(36)40/h3-30,34,47H,2H2,1H3. The third-order valence-electron chi connectivity index (χ3n) is 11.5. The molecule has 3 heterocycles. The number of amidine groups is 1. The second-order valence-corrected chi connectivity index (χ2v) is 14.3. The molecular weight excluding hydrogens is 643 g/mol. The number of aromatic nitrogens is 1. The maximum Gasteiger partial charge on any atom is 0.156 e. The summed E-state index contributed by atoms with van der Waals surface area (Å²) in [5, 5.41) is 9.91. The molecule has 0 radical (unpaired) electrons. The van der Waals surface area contributed by atoms with Gasteiger partial charge in [-0.1, -0.05) is 153 Å². The summed E-state index contributed by atoms with van der Waals surface area (Å²) in [5.41, 5.74) is 10.6. The minimum absolute atomic E-state index is 0.0805. The SMILES string of the molecule is CCC1C(c2ccccc2)=NC(c2cc3c4ccccc4n4c5ccccc5c(c2-c2cc5ccccc5c5ccccc25)c34)=NC1c1ccccc1. The van der Waals surface area contributed by atoms with E-state index in [2.05, 4.69) is 181 Å². The lowest BCUT2D eigenvalue weighted by molar-refractivity contribution is 0.532. The molecule has 1 aliphatic heterocycles. The molecule has 0 amide bonds. The molecule has 8 aromatic carbocycles. The Morgan fingerprint density at radius 1 is 0.528 bits per heavy atom. The number of nitrogens with zero attached hydrogens (tertiary/aromatic N) is 3. The van der Waals surface area contributed by atoms with Crippen LogP contribution >= 0.6 is 0 Å². The number of benzene rings is 8. The quantitative estimate of drug-likeness (QED) is 0.162. The van der Waals surface area contributed by atoms with Crippen LogP contribution in [0.3, 0.4) is 0 Å². The molecule has 0 aliphatic carbocycles. The van der Waals surface area contributed by atoms with Gasteiger partial charge in [0.1, 0.15) is 0 Å². The molecule has 11 rings (SSSR count). The monoisotopic (exact) mass is 677 g/mol.